The molecular formula is C18H16FN3O3. The summed E-state index contributed by atoms with van der Waals surface area (Å²) in [6.07, 6.45) is 1.59. The van der Waals surface area contributed by atoms with Crippen LogP contribution >= 0.6 is 0 Å². The number of nitrogens with one attached hydrogen (secondary N) is 1. The number of hydrogen-bond donors (Lipinski definition) is 2. The number of phenols is 1. The maximum absolute atomic E-state index is 13.0. The third-order valence-electron chi connectivity index (χ3n) is 3.79. The summed E-state index contributed by atoms with van der Waals surface area (Å²) in [4.78, 5) is 24.6. The Kier molecular flexibility index (Phi) is 4.47. The van der Waals surface area contributed by atoms with E-state index >= 15 is 0 Å². The van der Waals surface area contributed by atoms with Crippen LogP contribution in [-0.2, 0) is 6.54 Å². The van der Waals surface area contributed by atoms with Gasteiger partial charge in [-0.1, -0.05) is 18.2 Å². The minimum Gasteiger partial charge on any atom is -0.507 e. The summed E-state index contributed by atoms with van der Waals surface area (Å²) in [7, 11) is 0. The van der Waals surface area contributed by atoms with E-state index in [1.54, 1.807) is 31.3 Å². The molecular weight excluding hydrogens is 325 g/mol. The van der Waals surface area contributed by atoms with E-state index in [1.807, 2.05) is 6.07 Å². The van der Waals surface area contributed by atoms with Crippen molar-refractivity contribution in [3.8, 4) is 5.75 Å². The maximum Gasteiger partial charge on any atom is 0.274 e. The fourth-order valence-electron chi connectivity index (χ4n) is 2.56. The van der Waals surface area contributed by atoms with Crippen molar-refractivity contribution in [1.29, 1.82) is 0 Å². The molecule has 2 N–H and O–H groups in total. The van der Waals surface area contributed by atoms with Crippen LogP contribution in [0.25, 0.3) is 10.8 Å². The zero-order valence-electron chi connectivity index (χ0n) is 13.4. The van der Waals surface area contributed by atoms with Crippen molar-refractivity contribution in [3.63, 3.8) is 0 Å². The fourth-order valence-corrected chi connectivity index (χ4v) is 2.56. The molecule has 6 nitrogen and oxygen atoms in total. The Morgan fingerprint density at radius 1 is 1.32 bits per heavy atom. The van der Waals surface area contributed by atoms with E-state index < -0.39 is 23.5 Å². The highest BCUT2D eigenvalue weighted by atomic mass is 19.1. The minimum absolute atomic E-state index is 0.0351. The Balaban J connectivity index is 1.76. The molecule has 0 radical (unpaired) electrons. The molecule has 0 aliphatic rings. The molecule has 128 valence electrons. The number of carbonyl (C=O) groups is 1. The molecule has 3 rings (SSSR count). The third-order valence-corrected chi connectivity index (χ3v) is 3.79. The van der Waals surface area contributed by atoms with Crippen molar-refractivity contribution in [2.24, 2.45) is 0 Å². The number of nitrogens with zero attached hydrogens (tertiary/aromatic N) is 2. The Labute approximate surface area is 142 Å². The van der Waals surface area contributed by atoms with E-state index in [1.165, 1.54) is 10.7 Å². The molecule has 0 saturated carbocycles. The van der Waals surface area contributed by atoms with Gasteiger partial charge in [0.2, 0.25) is 0 Å². The summed E-state index contributed by atoms with van der Waals surface area (Å²) in [6, 6.07) is 9.86. The number of rotatable bonds is 4. The number of benzene rings is 2. The Morgan fingerprint density at radius 3 is 2.84 bits per heavy atom. The predicted molar refractivity (Wildman–Crippen MR) is 91.0 cm³/mol. The topological polar surface area (TPSA) is 84.2 Å². The number of fused-ring (bicyclic) bond motifs is 1. The van der Waals surface area contributed by atoms with E-state index in [-0.39, 0.29) is 17.7 Å². The van der Waals surface area contributed by atoms with Gasteiger partial charge in [-0.25, -0.2) is 9.07 Å². The van der Waals surface area contributed by atoms with Gasteiger partial charge in [-0.15, -0.1) is 0 Å². The van der Waals surface area contributed by atoms with Crippen LogP contribution in [0.2, 0.25) is 0 Å². The number of amides is 1. The summed E-state index contributed by atoms with van der Waals surface area (Å²) < 4.78 is 14.3. The van der Waals surface area contributed by atoms with Crippen LogP contribution in [0.1, 0.15) is 17.3 Å². The Bertz CT molecular complexity index is 1000. The largest absolute Gasteiger partial charge is 0.507 e. The zero-order chi connectivity index (χ0) is 18.0. The number of phenolic OH excluding ortho intramolecular Hbond substituents is 1. The first-order valence-electron chi connectivity index (χ1n) is 7.70. The standard InChI is InChI=1S/C18H16FN3O3/c1-11(21-17(24)15-7-6-13(19)8-16(15)23)10-22-18(25)14-5-3-2-4-12(14)9-20-22/h2-9,11,23H,10H2,1H3,(H,21,24)/t11-/m0/s1. The van der Waals surface area contributed by atoms with Crippen LogP contribution in [0.4, 0.5) is 4.39 Å². The molecule has 1 heterocycles. The Hall–Kier alpha value is -3.22. The number of aromatic nitrogens is 2. The second-order valence-corrected chi connectivity index (χ2v) is 5.76. The van der Waals surface area contributed by atoms with Gasteiger partial charge in [0, 0.05) is 17.5 Å². The van der Waals surface area contributed by atoms with E-state index in [2.05, 4.69) is 10.4 Å². The van der Waals surface area contributed by atoms with Gasteiger partial charge in [-0.3, -0.25) is 9.59 Å². The van der Waals surface area contributed by atoms with Gasteiger partial charge in [0.15, 0.2) is 0 Å². The highest BCUT2D eigenvalue weighted by Gasteiger charge is 2.15. The van der Waals surface area contributed by atoms with Crippen molar-refractivity contribution in [2.75, 3.05) is 0 Å². The smallest absolute Gasteiger partial charge is 0.274 e. The van der Waals surface area contributed by atoms with Crippen LogP contribution < -0.4 is 10.9 Å². The lowest BCUT2D eigenvalue weighted by Gasteiger charge is -2.15. The molecule has 3 aromatic rings. The van der Waals surface area contributed by atoms with Gasteiger partial charge in [0.05, 0.1) is 23.7 Å². The average Bonchev–Trinajstić information content (AvgIpc) is 2.57. The molecule has 0 fully saturated rings. The second-order valence-electron chi connectivity index (χ2n) is 5.76. The first-order chi connectivity index (χ1) is 12.0. The van der Waals surface area contributed by atoms with Gasteiger partial charge < -0.3 is 10.4 Å². The third kappa shape index (κ3) is 3.50. The van der Waals surface area contributed by atoms with Crippen LogP contribution in [0.5, 0.6) is 5.75 Å². The lowest BCUT2D eigenvalue weighted by atomic mass is 10.1. The molecule has 1 aromatic heterocycles. The lowest BCUT2D eigenvalue weighted by molar-refractivity contribution is 0.0933. The van der Waals surface area contributed by atoms with Gasteiger partial charge in [-0.2, -0.15) is 5.10 Å². The average molecular weight is 341 g/mol. The SMILES string of the molecule is C[C@@H](Cn1ncc2ccccc2c1=O)NC(=O)c1ccc(F)cc1O. The number of carbonyl (C=O) groups excluding carboxylic acids is 1. The van der Waals surface area contributed by atoms with Crippen LogP contribution in [0.15, 0.2) is 53.5 Å². The van der Waals surface area contributed by atoms with E-state index in [0.717, 1.165) is 17.5 Å². The summed E-state index contributed by atoms with van der Waals surface area (Å²) in [5, 5.41) is 17.7. The molecule has 0 bridgehead atoms. The van der Waals surface area contributed by atoms with Crippen molar-refractivity contribution in [3.05, 3.63) is 70.4 Å². The van der Waals surface area contributed by atoms with Crippen LogP contribution in [0, 0.1) is 5.82 Å². The van der Waals surface area contributed by atoms with Gasteiger partial charge >= 0.3 is 0 Å². The first kappa shape index (κ1) is 16.6. The number of aromatic hydroxyl groups is 1. The van der Waals surface area contributed by atoms with Crippen molar-refractivity contribution >= 4 is 16.7 Å². The second kappa shape index (κ2) is 6.72. The maximum atomic E-state index is 13.0. The van der Waals surface area contributed by atoms with E-state index in [4.69, 9.17) is 0 Å². The molecule has 0 saturated heterocycles. The predicted octanol–water partition coefficient (Wildman–Crippen LogP) is 2.06. The first-order valence-corrected chi connectivity index (χ1v) is 7.70. The van der Waals surface area contributed by atoms with Gasteiger partial charge in [0.1, 0.15) is 11.6 Å². The van der Waals surface area contributed by atoms with Crippen LogP contribution in [-0.4, -0.2) is 26.8 Å². The highest BCUT2D eigenvalue weighted by molar-refractivity contribution is 5.96. The molecule has 0 unspecified atom stereocenters. The zero-order valence-corrected chi connectivity index (χ0v) is 13.4. The fraction of sp³-hybridized carbons (Fsp3) is 0.167. The van der Waals surface area contributed by atoms with Gasteiger partial charge in [0.25, 0.3) is 11.5 Å². The molecule has 25 heavy (non-hydrogen) atoms. The normalized spacial score (nSPS) is 12.1. The highest BCUT2D eigenvalue weighted by Crippen LogP contribution is 2.18. The molecule has 0 aliphatic carbocycles. The van der Waals surface area contributed by atoms with Crippen LogP contribution in [0.3, 0.4) is 0 Å². The summed E-state index contributed by atoms with van der Waals surface area (Å²) in [5.41, 5.74) is -0.282. The number of hydrogen-bond acceptors (Lipinski definition) is 4. The molecule has 2 aromatic carbocycles. The minimum atomic E-state index is -0.631. The van der Waals surface area contributed by atoms with E-state index in [0.29, 0.717) is 5.39 Å². The molecule has 1 amide bonds. The molecule has 0 spiro atoms. The summed E-state index contributed by atoms with van der Waals surface area (Å²) in [6.45, 7) is 1.87. The molecule has 7 heteroatoms. The lowest BCUT2D eigenvalue weighted by Crippen LogP contribution is -2.39. The Morgan fingerprint density at radius 2 is 2.08 bits per heavy atom. The summed E-state index contributed by atoms with van der Waals surface area (Å²) >= 11 is 0. The van der Waals surface area contributed by atoms with Crippen molar-refractivity contribution < 1.29 is 14.3 Å². The molecule has 1 atom stereocenters. The van der Waals surface area contributed by atoms with E-state index in [9.17, 15) is 19.1 Å². The monoisotopic (exact) mass is 341 g/mol. The van der Waals surface area contributed by atoms with Crippen molar-refractivity contribution in [1.82, 2.24) is 15.1 Å². The van der Waals surface area contributed by atoms with Crippen molar-refractivity contribution in [2.45, 2.75) is 19.5 Å². The molecule has 0 aliphatic heterocycles. The quantitative estimate of drug-likeness (QED) is 0.761. The van der Waals surface area contributed by atoms with Gasteiger partial charge in [-0.05, 0) is 25.1 Å². The summed E-state index contributed by atoms with van der Waals surface area (Å²) in [5.74, 6) is -1.63. The number of halogens is 1.